The fourth-order valence-electron chi connectivity index (χ4n) is 2.28. The van der Waals surface area contributed by atoms with Crippen molar-refractivity contribution in [2.75, 3.05) is 0 Å². The molecule has 1 aromatic heterocycles. The number of halogens is 1. The molecule has 1 fully saturated rings. The quantitative estimate of drug-likeness (QED) is 0.605. The molecule has 1 saturated carbocycles. The zero-order chi connectivity index (χ0) is 10.5. The summed E-state index contributed by atoms with van der Waals surface area (Å²) in [6.07, 6.45) is 11.6. The average Bonchev–Trinajstić information content (AvgIpc) is 2.65. The summed E-state index contributed by atoms with van der Waals surface area (Å²) in [5.74, 6) is 1.33. The molecule has 100 valence electrons. The van der Waals surface area contributed by atoms with E-state index in [2.05, 4.69) is 4.98 Å². The smallest absolute Gasteiger partial charge is 0.0959 e. The number of thiazole rings is 1. The van der Waals surface area contributed by atoms with Gasteiger partial charge in [-0.1, -0.05) is 47.0 Å². The summed E-state index contributed by atoms with van der Waals surface area (Å²) >= 11 is 7.62. The third-order valence-electron chi connectivity index (χ3n) is 3.16. The van der Waals surface area contributed by atoms with E-state index in [1.807, 2.05) is 17.5 Å². The lowest BCUT2D eigenvalue weighted by Crippen LogP contribution is -2.01. The van der Waals surface area contributed by atoms with Gasteiger partial charge in [-0.2, -0.15) is 0 Å². The van der Waals surface area contributed by atoms with Gasteiger partial charge in [0.05, 0.1) is 10.9 Å². The van der Waals surface area contributed by atoms with Crippen LogP contribution >= 0.6 is 22.9 Å². The van der Waals surface area contributed by atoms with Crippen LogP contribution in [-0.4, -0.2) is 4.98 Å². The number of aromatic nitrogens is 1. The van der Waals surface area contributed by atoms with Crippen molar-refractivity contribution in [3.8, 4) is 0 Å². The highest BCUT2D eigenvalue weighted by Crippen LogP contribution is 2.33. The van der Waals surface area contributed by atoms with Gasteiger partial charge in [0.1, 0.15) is 0 Å². The van der Waals surface area contributed by atoms with Gasteiger partial charge in [0, 0.05) is 17.0 Å². The molecule has 1 aliphatic rings. The maximum Gasteiger partial charge on any atom is 0.0959 e. The van der Waals surface area contributed by atoms with E-state index >= 15 is 0 Å². The zero-order valence-corrected chi connectivity index (χ0v) is 10.6. The Kier molecular flexibility index (Phi) is 8.89. The van der Waals surface area contributed by atoms with Crippen molar-refractivity contribution in [1.82, 2.24) is 4.98 Å². The maximum absolute atomic E-state index is 5.81. The Hall–Kier alpha value is -0.0800. The molecule has 0 N–H and O–H groups in total. The minimum atomic E-state index is 0. The van der Waals surface area contributed by atoms with Gasteiger partial charge in [0.25, 0.3) is 0 Å². The summed E-state index contributed by atoms with van der Waals surface area (Å²) in [6.45, 7) is 0. The molecule has 0 unspecified atom stereocenters. The maximum atomic E-state index is 5.81. The Labute approximate surface area is 116 Å². The van der Waals surface area contributed by atoms with Crippen molar-refractivity contribution in [2.24, 2.45) is 0 Å². The van der Waals surface area contributed by atoms with Crippen LogP contribution in [0.5, 0.6) is 0 Å². The molecule has 0 saturated heterocycles. The molecular weight excluding hydrogens is 250 g/mol. The molecule has 0 aromatic carbocycles. The molecular formula is C14H26ClNS. The first kappa shape index (κ1) is 16.9. The molecule has 0 amide bonds. The second-order valence-electron chi connectivity index (χ2n) is 4.34. The molecule has 17 heavy (non-hydrogen) atoms. The number of nitrogens with zero attached hydrogens (tertiary/aromatic N) is 1. The van der Waals surface area contributed by atoms with Gasteiger partial charge in [-0.05, 0) is 12.8 Å². The molecule has 1 aromatic rings. The lowest BCUT2D eigenvalue weighted by Gasteiger charge is -2.17. The Morgan fingerprint density at radius 3 is 2.24 bits per heavy atom. The standard InChI is InChI=1S/C12H18ClNS.2CH4/c13-8-11-9-14-12(15-11)10-6-4-2-1-3-5-7-10;;/h9-10H,1-8H2;2*1H4. The fraction of sp³-hybridized carbons (Fsp3) is 0.786. The molecule has 1 heterocycles. The van der Waals surface area contributed by atoms with Crippen LogP contribution in [0.1, 0.15) is 75.6 Å². The zero-order valence-electron chi connectivity index (χ0n) is 9.04. The van der Waals surface area contributed by atoms with Crippen LogP contribution < -0.4 is 0 Å². The van der Waals surface area contributed by atoms with Crippen LogP contribution in [0.15, 0.2) is 6.20 Å². The Morgan fingerprint density at radius 2 is 1.71 bits per heavy atom. The highest BCUT2D eigenvalue weighted by Gasteiger charge is 2.16. The molecule has 1 nitrogen and oxygen atoms in total. The lowest BCUT2D eigenvalue weighted by atomic mass is 9.92. The minimum absolute atomic E-state index is 0. The summed E-state index contributed by atoms with van der Waals surface area (Å²) in [5, 5.41) is 1.33. The summed E-state index contributed by atoms with van der Waals surface area (Å²) in [4.78, 5) is 5.73. The molecule has 0 atom stereocenters. The molecule has 0 aliphatic heterocycles. The summed E-state index contributed by atoms with van der Waals surface area (Å²) in [6, 6.07) is 0. The fourth-order valence-corrected chi connectivity index (χ4v) is 3.45. The van der Waals surface area contributed by atoms with E-state index in [9.17, 15) is 0 Å². The Morgan fingerprint density at radius 1 is 1.12 bits per heavy atom. The van der Waals surface area contributed by atoms with Crippen LogP contribution in [-0.2, 0) is 5.88 Å². The number of hydrogen-bond donors (Lipinski definition) is 0. The highest BCUT2D eigenvalue weighted by atomic mass is 35.5. The van der Waals surface area contributed by atoms with Crippen LogP contribution in [0.25, 0.3) is 0 Å². The van der Waals surface area contributed by atoms with Crippen LogP contribution in [0.4, 0.5) is 0 Å². The second-order valence-corrected chi connectivity index (χ2v) is 5.75. The van der Waals surface area contributed by atoms with Crippen molar-refractivity contribution in [1.29, 1.82) is 0 Å². The van der Waals surface area contributed by atoms with Crippen molar-refractivity contribution >= 4 is 22.9 Å². The molecule has 0 radical (unpaired) electrons. The predicted molar refractivity (Wildman–Crippen MR) is 80.2 cm³/mol. The largest absolute Gasteiger partial charge is 0.249 e. The first-order valence-electron chi connectivity index (χ1n) is 5.90. The van der Waals surface area contributed by atoms with Gasteiger partial charge in [-0.3, -0.25) is 0 Å². The normalized spacial score (nSPS) is 17.5. The van der Waals surface area contributed by atoms with E-state index in [0.717, 1.165) is 0 Å². The van der Waals surface area contributed by atoms with Crippen LogP contribution in [0.3, 0.4) is 0 Å². The summed E-state index contributed by atoms with van der Waals surface area (Å²) < 4.78 is 0. The molecule has 0 spiro atoms. The number of alkyl halides is 1. The van der Waals surface area contributed by atoms with E-state index in [0.29, 0.717) is 11.8 Å². The van der Waals surface area contributed by atoms with E-state index in [1.165, 1.54) is 54.8 Å². The van der Waals surface area contributed by atoms with Gasteiger partial charge < -0.3 is 0 Å². The molecule has 2 rings (SSSR count). The third kappa shape index (κ3) is 4.97. The molecule has 0 bridgehead atoms. The van der Waals surface area contributed by atoms with Gasteiger partial charge in [-0.25, -0.2) is 4.98 Å². The minimum Gasteiger partial charge on any atom is -0.249 e. The van der Waals surface area contributed by atoms with Crippen molar-refractivity contribution in [3.63, 3.8) is 0 Å². The van der Waals surface area contributed by atoms with E-state index in [-0.39, 0.29) is 14.9 Å². The van der Waals surface area contributed by atoms with Gasteiger partial charge in [0.15, 0.2) is 0 Å². The van der Waals surface area contributed by atoms with Gasteiger partial charge >= 0.3 is 0 Å². The van der Waals surface area contributed by atoms with Gasteiger partial charge in [0.2, 0.25) is 0 Å². The first-order valence-corrected chi connectivity index (χ1v) is 7.26. The topological polar surface area (TPSA) is 12.9 Å². The average molecular weight is 276 g/mol. The number of hydrogen-bond acceptors (Lipinski definition) is 2. The van der Waals surface area contributed by atoms with Crippen molar-refractivity contribution in [3.05, 3.63) is 16.1 Å². The SMILES string of the molecule is C.C.ClCc1cnc(C2CCCCCCC2)s1. The van der Waals surface area contributed by atoms with Crippen LogP contribution in [0.2, 0.25) is 0 Å². The third-order valence-corrected chi connectivity index (χ3v) is 4.76. The number of rotatable bonds is 2. The Balaban J connectivity index is 0.00000128. The van der Waals surface area contributed by atoms with E-state index in [4.69, 9.17) is 11.6 Å². The van der Waals surface area contributed by atoms with Crippen LogP contribution in [0, 0.1) is 0 Å². The monoisotopic (exact) mass is 275 g/mol. The lowest BCUT2D eigenvalue weighted by molar-refractivity contribution is 0.454. The molecule has 1 aliphatic carbocycles. The van der Waals surface area contributed by atoms with E-state index < -0.39 is 0 Å². The first-order chi connectivity index (χ1) is 7.40. The predicted octanol–water partition coefficient (Wildman–Crippen LogP) is 5.98. The van der Waals surface area contributed by atoms with Gasteiger partial charge in [-0.15, -0.1) is 22.9 Å². The highest BCUT2D eigenvalue weighted by molar-refractivity contribution is 7.11. The second kappa shape index (κ2) is 8.93. The summed E-state index contributed by atoms with van der Waals surface area (Å²) in [5.41, 5.74) is 0. The van der Waals surface area contributed by atoms with Crippen molar-refractivity contribution < 1.29 is 0 Å². The van der Waals surface area contributed by atoms with E-state index in [1.54, 1.807) is 0 Å². The Bertz CT molecular complexity index is 290. The van der Waals surface area contributed by atoms with Crippen molar-refractivity contribution in [2.45, 2.75) is 71.6 Å². The summed E-state index contributed by atoms with van der Waals surface area (Å²) in [7, 11) is 0. The molecule has 3 heteroatoms.